The molecular weight excluding hydrogens is 446 g/mol. The summed E-state index contributed by atoms with van der Waals surface area (Å²) in [5.41, 5.74) is 4.12. The number of thioether (sulfide) groups is 1. The number of ether oxygens (including phenoxy) is 2. The lowest BCUT2D eigenvalue weighted by Gasteiger charge is -2.11. The van der Waals surface area contributed by atoms with Gasteiger partial charge in [0, 0.05) is 18.2 Å². The maximum absolute atomic E-state index is 12.5. The lowest BCUT2D eigenvalue weighted by Crippen LogP contribution is -2.29. The molecule has 0 unspecified atom stereocenters. The van der Waals surface area contributed by atoms with Gasteiger partial charge in [-0.15, -0.1) is 4.68 Å². The summed E-state index contributed by atoms with van der Waals surface area (Å²) in [7, 11) is 3.30. The van der Waals surface area contributed by atoms with E-state index in [2.05, 4.69) is 29.6 Å². The van der Waals surface area contributed by atoms with Crippen LogP contribution in [0.5, 0.6) is 11.5 Å². The van der Waals surface area contributed by atoms with Gasteiger partial charge >= 0.3 is 11.1 Å². The third-order valence-corrected chi connectivity index (χ3v) is 6.64. The molecule has 1 atom stereocenters. The van der Waals surface area contributed by atoms with Crippen molar-refractivity contribution < 1.29 is 19.0 Å². The van der Waals surface area contributed by atoms with Gasteiger partial charge in [-0.05, 0) is 47.0 Å². The molecule has 0 bridgehead atoms. The Morgan fingerprint density at radius 2 is 1.59 bits per heavy atom. The van der Waals surface area contributed by atoms with E-state index in [9.17, 15) is 4.79 Å². The summed E-state index contributed by atoms with van der Waals surface area (Å²) in [6.45, 7) is 0. The third-order valence-electron chi connectivity index (χ3n) is 5.82. The number of nitrogens with one attached hydrogen (secondary N) is 1. The second-order valence-electron chi connectivity index (χ2n) is 7.90. The minimum Gasteiger partial charge on any atom is -0.497 e. The highest BCUT2D eigenvalue weighted by molar-refractivity contribution is 8.18. The molecule has 1 amide bonds. The number of hydrogen-bond donors (Lipinski definition) is 1. The number of rotatable bonds is 5. The fourth-order valence-corrected chi connectivity index (χ4v) is 4.84. The normalized spacial score (nSPS) is 20.9. The van der Waals surface area contributed by atoms with Crippen LogP contribution in [0.25, 0.3) is 6.08 Å². The number of carbonyl (C=O) groups is 1. The van der Waals surface area contributed by atoms with E-state index in [4.69, 9.17) is 14.6 Å². The predicted octanol–water partition coefficient (Wildman–Crippen LogP) is 5.46. The molecule has 6 nitrogen and oxygen atoms in total. The van der Waals surface area contributed by atoms with Crippen LogP contribution in [0, 0.1) is 0 Å². The summed E-state index contributed by atoms with van der Waals surface area (Å²) in [5.74, 6) is 2.28. The molecule has 0 radical (unpaired) electrons. The number of amides is 1. The number of hydrazone groups is 1. The van der Waals surface area contributed by atoms with Gasteiger partial charge in [-0.2, -0.15) is 5.32 Å². The van der Waals surface area contributed by atoms with Crippen LogP contribution >= 0.6 is 11.8 Å². The molecule has 0 spiro atoms. The Bertz CT molecular complexity index is 1300. The van der Waals surface area contributed by atoms with Gasteiger partial charge < -0.3 is 9.47 Å². The fraction of sp³-hybridized carbons (Fsp3) is 0.148. The molecule has 0 aliphatic carbocycles. The maximum atomic E-state index is 12.5. The van der Waals surface area contributed by atoms with E-state index < -0.39 is 0 Å². The van der Waals surface area contributed by atoms with Gasteiger partial charge in [0.15, 0.2) is 6.04 Å². The van der Waals surface area contributed by atoms with E-state index in [1.165, 1.54) is 11.8 Å². The van der Waals surface area contributed by atoms with Crippen LogP contribution in [0.1, 0.15) is 29.2 Å². The number of carbonyl (C=O) groups excluding carboxylic acids is 1. The van der Waals surface area contributed by atoms with Gasteiger partial charge in [0.2, 0.25) is 0 Å². The zero-order chi connectivity index (χ0) is 23.5. The summed E-state index contributed by atoms with van der Waals surface area (Å²) in [6.07, 6.45) is 2.72. The number of nitrogens with zero attached hydrogens (tertiary/aromatic N) is 2. The molecular formula is C27H24N3O3S+. The molecule has 2 heterocycles. The highest BCUT2D eigenvalue weighted by atomic mass is 32.2. The van der Waals surface area contributed by atoms with Crippen molar-refractivity contribution in [3.8, 4) is 11.5 Å². The van der Waals surface area contributed by atoms with E-state index in [0.29, 0.717) is 5.84 Å². The van der Waals surface area contributed by atoms with Crippen molar-refractivity contribution >= 4 is 34.6 Å². The molecule has 0 aromatic heterocycles. The molecule has 1 N–H and O–H groups in total. The molecule has 1 fully saturated rings. The van der Waals surface area contributed by atoms with Crippen LogP contribution in [-0.4, -0.2) is 35.7 Å². The van der Waals surface area contributed by atoms with Gasteiger partial charge in [-0.25, -0.2) is 4.79 Å². The lowest BCUT2D eigenvalue weighted by atomic mass is 9.99. The summed E-state index contributed by atoms with van der Waals surface area (Å²) in [5, 5.41) is 7.89. The molecule has 7 heteroatoms. The Kier molecular flexibility index (Phi) is 6.18. The second-order valence-corrected chi connectivity index (χ2v) is 8.91. The van der Waals surface area contributed by atoms with Crippen LogP contribution in [0.4, 0.5) is 4.79 Å². The molecule has 2 aliphatic rings. The highest BCUT2D eigenvalue weighted by Crippen LogP contribution is 2.35. The van der Waals surface area contributed by atoms with Crippen LogP contribution in [-0.2, 0) is 0 Å². The molecule has 3 aromatic rings. The largest absolute Gasteiger partial charge is 0.497 e. The Balaban J connectivity index is 1.60. The van der Waals surface area contributed by atoms with Gasteiger partial charge in [0.25, 0.3) is 0 Å². The Morgan fingerprint density at radius 1 is 0.941 bits per heavy atom. The second kappa shape index (κ2) is 9.57. The summed E-state index contributed by atoms with van der Waals surface area (Å²) in [4.78, 5) is 13.3. The highest BCUT2D eigenvalue weighted by Gasteiger charge is 2.40. The lowest BCUT2D eigenvalue weighted by molar-refractivity contribution is -0.568. The first-order chi connectivity index (χ1) is 16.6. The SMILES string of the molecule is COc1ccc(/C=C2\SC(=O)N\C2=[N+]2/N=C(c3ccccc3)C[C@H]2c2ccc(OC)cc2)cc1. The summed E-state index contributed by atoms with van der Waals surface area (Å²) >= 11 is 1.18. The number of methoxy groups -OCH3 is 2. The van der Waals surface area contributed by atoms with E-state index in [0.717, 1.165) is 45.2 Å². The van der Waals surface area contributed by atoms with E-state index in [-0.39, 0.29) is 11.3 Å². The average molecular weight is 471 g/mol. The van der Waals surface area contributed by atoms with Crippen LogP contribution in [0.2, 0.25) is 0 Å². The predicted molar refractivity (Wildman–Crippen MR) is 136 cm³/mol. The number of hydrogen-bond acceptors (Lipinski definition) is 5. The van der Waals surface area contributed by atoms with Crippen molar-refractivity contribution in [2.24, 2.45) is 5.10 Å². The van der Waals surface area contributed by atoms with Gasteiger partial charge in [0.1, 0.15) is 16.4 Å². The first-order valence-corrected chi connectivity index (χ1v) is 11.7. The van der Waals surface area contributed by atoms with Crippen molar-refractivity contribution in [1.82, 2.24) is 5.32 Å². The fourth-order valence-electron chi connectivity index (χ4n) is 4.06. The molecule has 2 aliphatic heterocycles. The number of amidine groups is 1. The smallest absolute Gasteiger partial charge is 0.372 e. The summed E-state index contributed by atoms with van der Waals surface area (Å²) in [6, 6.07) is 25.8. The zero-order valence-electron chi connectivity index (χ0n) is 18.9. The van der Waals surface area contributed by atoms with Crippen LogP contribution in [0.3, 0.4) is 0 Å². The van der Waals surface area contributed by atoms with Gasteiger partial charge in [-0.1, -0.05) is 59.7 Å². The third kappa shape index (κ3) is 4.47. The van der Waals surface area contributed by atoms with Crippen LogP contribution < -0.4 is 14.8 Å². The quantitative estimate of drug-likeness (QED) is 0.503. The van der Waals surface area contributed by atoms with E-state index in [1.807, 2.05) is 65.4 Å². The van der Waals surface area contributed by atoms with Crippen molar-refractivity contribution in [2.45, 2.75) is 12.5 Å². The Morgan fingerprint density at radius 3 is 2.24 bits per heavy atom. The molecule has 34 heavy (non-hydrogen) atoms. The van der Waals surface area contributed by atoms with Crippen molar-refractivity contribution in [3.63, 3.8) is 0 Å². The molecule has 5 rings (SSSR count). The average Bonchev–Trinajstić information content (AvgIpc) is 3.48. The van der Waals surface area contributed by atoms with E-state index >= 15 is 0 Å². The topological polar surface area (TPSA) is 62.9 Å². The standard InChI is InChI=1S/C27H23N3O3S/c1-32-21-12-8-18(9-13-21)16-25-26(28-27(31)34-25)30-24(20-10-14-22(33-2)15-11-20)17-23(29-30)19-6-4-3-5-7-19/h3-16,24H,17H2,1-2H3/p+1/b25-16-/t24-/m0/s1. The molecule has 1 saturated heterocycles. The minimum absolute atomic E-state index is 0.0608. The van der Waals surface area contributed by atoms with Gasteiger partial charge in [-0.3, -0.25) is 0 Å². The van der Waals surface area contributed by atoms with E-state index in [1.54, 1.807) is 14.2 Å². The minimum atomic E-state index is -0.119. The molecule has 3 aromatic carbocycles. The molecule has 0 saturated carbocycles. The first kappa shape index (κ1) is 22.0. The Labute approximate surface area is 202 Å². The summed E-state index contributed by atoms with van der Waals surface area (Å²) < 4.78 is 12.5. The Hall–Kier alpha value is -3.84. The number of benzene rings is 3. The van der Waals surface area contributed by atoms with Crippen LogP contribution in [0.15, 0.2) is 88.9 Å². The zero-order valence-corrected chi connectivity index (χ0v) is 19.7. The van der Waals surface area contributed by atoms with Gasteiger partial charge in [0.05, 0.1) is 19.9 Å². The maximum Gasteiger partial charge on any atom is 0.372 e. The van der Waals surface area contributed by atoms with Crippen molar-refractivity contribution in [3.05, 3.63) is 100 Å². The van der Waals surface area contributed by atoms with Crippen molar-refractivity contribution in [2.75, 3.05) is 14.2 Å². The molecule has 170 valence electrons. The monoisotopic (exact) mass is 470 g/mol. The first-order valence-electron chi connectivity index (χ1n) is 10.9. The van der Waals surface area contributed by atoms with Crippen molar-refractivity contribution in [1.29, 1.82) is 0 Å².